The second-order valence-corrected chi connectivity index (χ2v) is 4.02. The van der Waals surface area contributed by atoms with Crippen molar-refractivity contribution in [3.8, 4) is 0 Å². The molecular formula is C13H19F2N. The van der Waals surface area contributed by atoms with E-state index >= 15 is 0 Å². The van der Waals surface area contributed by atoms with Crippen molar-refractivity contribution >= 4 is 0 Å². The Morgan fingerprint density at radius 3 is 2.12 bits per heavy atom. The van der Waals surface area contributed by atoms with Gasteiger partial charge >= 0.3 is 0 Å². The van der Waals surface area contributed by atoms with E-state index in [-0.39, 0.29) is 0 Å². The molecule has 0 aliphatic carbocycles. The first-order valence-corrected chi connectivity index (χ1v) is 5.83. The molecule has 16 heavy (non-hydrogen) atoms. The molecule has 3 heteroatoms. The van der Waals surface area contributed by atoms with Gasteiger partial charge in [0.25, 0.3) is 0 Å². The average molecular weight is 227 g/mol. The largest absolute Gasteiger partial charge is 0.299 e. The summed E-state index contributed by atoms with van der Waals surface area (Å²) in [6.45, 7) is 6.92. The fourth-order valence-electron chi connectivity index (χ4n) is 1.80. The molecule has 1 aromatic carbocycles. The summed E-state index contributed by atoms with van der Waals surface area (Å²) in [4.78, 5) is 2.26. The van der Waals surface area contributed by atoms with Gasteiger partial charge < -0.3 is 0 Å². The minimum Gasteiger partial charge on any atom is -0.299 e. The molecule has 0 saturated heterocycles. The highest BCUT2D eigenvalue weighted by Gasteiger charge is 2.06. The first kappa shape index (κ1) is 13.1. The van der Waals surface area contributed by atoms with Gasteiger partial charge in [0.1, 0.15) is 0 Å². The van der Waals surface area contributed by atoms with Crippen molar-refractivity contribution in [3.05, 3.63) is 35.4 Å². The minimum absolute atomic E-state index is 0.693. The van der Waals surface area contributed by atoms with Gasteiger partial charge in [-0.1, -0.05) is 19.9 Å². The molecule has 0 amide bonds. The number of halogens is 2. The molecule has 1 nitrogen and oxygen atoms in total. The summed E-state index contributed by atoms with van der Waals surface area (Å²) in [5, 5.41) is 0. The van der Waals surface area contributed by atoms with Gasteiger partial charge in [0.05, 0.1) is 0 Å². The lowest BCUT2D eigenvalue weighted by Gasteiger charge is -2.20. The Labute approximate surface area is 96.1 Å². The maximum atomic E-state index is 13.0. The first-order chi connectivity index (χ1) is 7.67. The van der Waals surface area contributed by atoms with Crippen LogP contribution in [0.5, 0.6) is 0 Å². The van der Waals surface area contributed by atoms with Crippen molar-refractivity contribution in [2.45, 2.75) is 33.2 Å². The van der Waals surface area contributed by atoms with Crippen molar-refractivity contribution in [2.24, 2.45) is 0 Å². The van der Waals surface area contributed by atoms with E-state index in [2.05, 4.69) is 18.7 Å². The maximum Gasteiger partial charge on any atom is 0.159 e. The smallest absolute Gasteiger partial charge is 0.159 e. The van der Waals surface area contributed by atoms with Crippen LogP contribution in [0.15, 0.2) is 18.2 Å². The van der Waals surface area contributed by atoms with E-state index in [0.717, 1.165) is 31.5 Å². The molecule has 0 aromatic heterocycles. The first-order valence-electron chi connectivity index (χ1n) is 5.83. The molecule has 1 rings (SSSR count). The maximum absolute atomic E-state index is 13.0. The number of hydrogen-bond acceptors (Lipinski definition) is 1. The molecule has 0 atom stereocenters. The van der Waals surface area contributed by atoms with Crippen LogP contribution < -0.4 is 0 Å². The molecule has 1 aromatic rings. The zero-order valence-corrected chi connectivity index (χ0v) is 9.97. The molecule has 0 aliphatic rings. The van der Waals surface area contributed by atoms with Crippen LogP contribution in [0.1, 0.15) is 32.3 Å². The SMILES string of the molecule is CCCN(CCC)Cc1ccc(F)c(F)c1. The molecule has 0 N–H and O–H groups in total. The fraction of sp³-hybridized carbons (Fsp3) is 0.538. The Morgan fingerprint density at radius 1 is 1.00 bits per heavy atom. The Kier molecular flexibility index (Phi) is 5.39. The van der Waals surface area contributed by atoms with E-state index in [1.54, 1.807) is 6.07 Å². The molecule has 0 heterocycles. The van der Waals surface area contributed by atoms with Crippen LogP contribution in [0.3, 0.4) is 0 Å². The van der Waals surface area contributed by atoms with Crippen LogP contribution in [0.2, 0.25) is 0 Å². The highest BCUT2D eigenvalue weighted by atomic mass is 19.2. The summed E-state index contributed by atoms with van der Waals surface area (Å²) in [6.07, 6.45) is 2.15. The lowest BCUT2D eigenvalue weighted by Crippen LogP contribution is -2.24. The molecule has 0 bridgehead atoms. The molecular weight excluding hydrogens is 208 g/mol. The highest BCUT2D eigenvalue weighted by molar-refractivity contribution is 5.17. The molecule has 90 valence electrons. The summed E-state index contributed by atoms with van der Waals surface area (Å²) < 4.78 is 25.8. The summed E-state index contributed by atoms with van der Waals surface area (Å²) in [7, 11) is 0. The lowest BCUT2D eigenvalue weighted by molar-refractivity contribution is 0.266. The van der Waals surface area contributed by atoms with Crippen LogP contribution in [0.4, 0.5) is 8.78 Å². The van der Waals surface area contributed by atoms with Gasteiger partial charge in [-0.05, 0) is 43.6 Å². The average Bonchev–Trinajstić information content (AvgIpc) is 2.24. The van der Waals surface area contributed by atoms with E-state index in [0.29, 0.717) is 6.54 Å². The summed E-state index contributed by atoms with van der Waals surface area (Å²) in [5.74, 6) is -1.54. The van der Waals surface area contributed by atoms with Gasteiger partial charge in [-0.25, -0.2) is 8.78 Å². The second-order valence-electron chi connectivity index (χ2n) is 4.02. The van der Waals surface area contributed by atoms with Crippen LogP contribution in [-0.4, -0.2) is 18.0 Å². The van der Waals surface area contributed by atoms with Crippen LogP contribution in [-0.2, 0) is 6.54 Å². The van der Waals surface area contributed by atoms with Crippen LogP contribution >= 0.6 is 0 Å². The minimum atomic E-state index is -0.777. The molecule has 0 aliphatic heterocycles. The highest BCUT2D eigenvalue weighted by Crippen LogP contribution is 2.11. The third kappa shape index (κ3) is 3.89. The zero-order valence-electron chi connectivity index (χ0n) is 9.97. The van der Waals surface area contributed by atoms with Gasteiger partial charge in [0.2, 0.25) is 0 Å². The fourth-order valence-corrected chi connectivity index (χ4v) is 1.80. The zero-order chi connectivity index (χ0) is 12.0. The predicted octanol–water partition coefficient (Wildman–Crippen LogP) is 3.59. The summed E-state index contributed by atoms with van der Waals surface area (Å²) in [6, 6.07) is 4.13. The normalized spacial score (nSPS) is 11.1. The van der Waals surface area contributed by atoms with Crippen molar-refractivity contribution in [2.75, 3.05) is 13.1 Å². The van der Waals surface area contributed by atoms with Crippen molar-refractivity contribution in [1.82, 2.24) is 4.90 Å². The van der Waals surface area contributed by atoms with Crippen molar-refractivity contribution in [1.29, 1.82) is 0 Å². The summed E-state index contributed by atoms with van der Waals surface area (Å²) >= 11 is 0. The quantitative estimate of drug-likeness (QED) is 0.718. The number of hydrogen-bond donors (Lipinski definition) is 0. The predicted molar refractivity (Wildman–Crippen MR) is 62.2 cm³/mol. The molecule has 0 unspecified atom stereocenters. The van der Waals surface area contributed by atoms with E-state index < -0.39 is 11.6 Å². The van der Waals surface area contributed by atoms with Crippen molar-refractivity contribution < 1.29 is 8.78 Å². The van der Waals surface area contributed by atoms with E-state index in [9.17, 15) is 8.78 Å². The molecule has 0 radical (unpaired) electrons. The topological polar surface area (TPSA) is 3.24 Å². The third-order valence-electron chi connectivity index (χ3n) is 2.47. The Bertz CT molecular complexity index is 320. The van der Waals surface area contributed by atoms with Gasteiger partial charge in [0, 0.05) is 6.54 Å². The Hall–Kier alpha value is -0.960. The lowest BCUT2D eigenvalue weighted by atomic mass is 10.2. The van der Waals surface area contributed by atoms with Gasteiger partial charge in [-0.3, -0.25) is 4.90 Å². The standard InChI is InChI=1S/C13H19F2N/c1-3-7-16(8-4-2)10-11-5-6-12(14)13(15)9-11/h5-6,9H,3-4,7-8,10H2,1-2H3. The molecule has 0 spiro atoms. The van der Waals surface area contributed by atoms with E-state index in [1.165, 1.54) is 12.1 Å². The monoisotopic (exact) mass is 227 g/mol. The van der Waals surface area contributed by atoms with Gasteiger partial charge in [-0.2, -0.15) is 0 Å². The van der Waals surface area contributed by atoms with Crippen LogP contribution in [0, 0.1) is 11.6 Å². The van der Waals surface area contributed by atoms with Crippen molar-refractivity contribution in [3.63, 3.8) is 0 Å². The second kappa shape index (κ2) is 6.59. The number of benzene rings is 1. The van der Waals surface area contributed by atoms with E-state index in [1.807, 2.05) is 0 Å². The number of rotatable bonds is 6. The van der Waals surface area contributed by atoms with E-state index in [4.69, 9.17) is 0 Å². The van der Waals surface area contributed by atoms with Gasteiger partial charge in [-0.15, -0.1) is 0 Å². The third-order valence-corrected chi connectivity index (χ3v) is 2.47. The number of nitrogens with zero attached hydrogens (tertiary/aromatic N) is 1. The Balaban J connectivity index is 2.65. The van der Waals surface area contributed by atoms with Gasteiger partial charge in [0.15, 0.2) is 11.6 Å². The Morgan fingerprint density at radius 2 is 1.62 bits per heavy atom. The van der Waals surface area contributed by atoms with Crippen LogP contribution in [0.25, 0.3) is 0 Å². The molecule has 0 fully saturated rings. The molecule has 0 saturated carbocycles. The summed E-state index contributed by atoms with van der Waals surface area (Å²) in [5.41, 5.74) is 0.834.